The van der Waals surface area contributed by atoms with Crippen molar-refractivity contribution in [1.29, 1.82) is 0 Å². The molecule has 0 fully saturated rings. The second kappa shape index (κ2) is 8.40. The third kappa shape index (κ3) is 4.05. The van der Waals surface area contributed by atoms with Gasteiger partial charge in [-0.15, -0.1) is 0 Å². The SMILES string of the molecule is CCNC1c2ccccc2CC1CCCOCCOC. The highest BCUT2D eigenvalue weighted by molar-refractivity contribution is 5.35. The molecule has 3 nitrogen and oxygen atoms in total. The molecule has 20 heavy (non-hydrogen) atoms. The van der Waals surface area contributed by atoms with Crippen molar-refractivity contribution in [3.05, 3.63) is 35.4 Å². The molecular formula is C17H27NO2. The van der Waals surface area contributed by atoms with Crippen LogP contribution in [0.1, 0.15) is 36.9 Å². The van der Waals surface area contributed by atoms with Crippen molar-refractivity contribution < 1.29 is 9.47 Å². The minimum Gasteiger partial charge on any atom is -0.382 e. The molecule has 0 radical (unpaired) electrons. The van der Waals surface area contributed by atoms with Crippen LogP contribution in [-0.4, -0.2) is 33.5 Å². The van der Waals surface area contributed by atoms with Crippen LogP contribution in [0.25, 0.3) is 0 Å². The Labute approximate surface area is 122 Å². The summed E-state index contributed by atoms with van der Waals surface area (Å²) in [5, 5.41) is 3.65. The van der Waals surface area contributed by atoms with E-state index in [1.807, 2.05) is 0 Å². The average Bonchev–Trinajstić information content (AvgIpc) is 2.81. The molecule has 1 aromatic carbocycles. The second-order valence-corrected chi connectivity index (χ2v) is 5.45. The summed E-state index contributed by atoms with van der Waals surface area (Å²) in [6.07, 6.45) is 3.55. The van der Waals surface area contributed by atoms with Crippen LogP contribution in [-0.2, 0) is 15.9 Å². The fourth-order valence-corrected chi connectivity index (χ4v) is 3.13. The van der Waals surface area contributed by atoms with Gasteiger partial charge in [-0.05, 0) is 42.9 Å². The van der Waals surface area contributed by atoms with Crippen molar-refractivity contribution in [3.63, 3.8) is 0 Å². The predicted octanol–water partition coefficient (Wildman–Crippen LogP) is 2.95. The fraction of sp³-hybridized carbons (Fsp3) is 0.647. The number of nitrogens with one attached hydrogen (secondary N) is 1. The quantitative estimate of drug-likeness (QED) is 0.704. The summed E-state index contributed by atoms with van der Waals surface area (Å²) in [7, 11) is 1.71. The Balaban J connectivity index is 1.80. The number of ether oxygens (including phenoxy) is 2. The number of fused-ring (bicyclic) bond motifs is 1. The van der Waals surface area contributed by atoms with Crippen molar-refractivity contribution in [2.24, 2.45) is 5.92 Å². The molecule has 1 N–H and O–H groups in total. The van der Waals surface area contributed by atoms with Crippen molar-refractivity contribution in [2.75, 3.05) is 33.5 Å². The Morgan fingerprint density at radius 3 is 2.85 bits per heavy atom. The Hall–Kier alpha value is -0.900. The van der Waals surface area contributed by atoms with Crippen LogP contribution in [0.3, 0.4) is 0 Å². The highest BCUT2D eigenvalue weighted by Crippen LogP contribution is 2.38. The first-order valence-corrected chi connectivity index (χ1v) is 7.74. The molecule has 1 aliphatic rings. The fourth-order valence-electron chi connectivity index (χ4n) is 3.13. The van der Waals surface area contributed by atoms with Crippen LogP contribution >= 0.6 is 0 Å². The van der Waals surface area contributed by atoms with E-state index in [1.165, 1.54) is 24.0 Å². The molecule has 112 valence electrons. The molecular weight excluding hydrogens is 250 g/mol. The van der Waals surface area contributed by atoms with Gasteiger partial charge in [-0.1, -0.05) is 31.2 Å². The average molecular weight is 277 g/mol. The molecule has 2 unspecified atom stereocenters. The maximum atomic E-state index is 5.56. The van der Waals surface area contributed by atoms with E-state index in [1.54, 1.807) is 7.11 Å². The number of benzene rings is 1. The lowest BCUT2D eigenvalue weighted by atomic mass is 9.95. The number of hydrogen-bond donors (Lipinski definition) is 1. The molecule has 1 aromatic rings. The molecule has 2 rings (SSSR count). The van der Waals surface area contributed by atoms with Gasteiger partial charge in [0.1, 0.15) is 0 Å². The highest BCUT2D eigenvalue weighted by atomic mass is 16.5. The molecule has 3 heteroatoms. The van der Waals surface area contributed by atoms with Gasteiger partial charge in [0.25, 0.3) is 0 Å². The number of rotatable bonds is 9. The predicted molar refractivity (Wildman–Crippen MR) is 82.0 cm³/mol. The van der Waals surface area contributed by atoms with E-state index in [-0.39, 0.29) is 0 Å². The van der Waals surface area contributed by atoms with Gasteiger partial charge in [-0.25, -0.2) is 0 Å². The lowest BCUT2D eigenvalue weighted by Crippen LogP contribution is -2.25. The molecule has 0 aliphatic heterocycles. The van der Waals surface area contributed by atoms with Crippen LogP contribution in [0.4, 0.5) is 0 Å². The zero-order valence-electron chi connectivity index (χ0n) is 12.7. The van der Waals surface area contributed by atoms with Crippen molar-refractivity contribution in [2.45, 2.75) is 32.2 Å². The standard InChI is InChI=1S/C17H27NO2/c1-3-18-17-15(8-6-10-20-12-11-19-2)13-14-7-4-5-9-16(14)17/h4-5,7,9,15,17-18H,3,6,8,10-13H2,1-2H3. The Morgan fingerprint density at radius 1 is 1.20 bits per heavy atom. The first-order chi connectivity index (χ1) is 9.86. The van der Waals surface area contributed by atoms with E-state index >= 15 is 0 Å². The minimum absolute atomic E-state index is 0.523. The third-order valence-corrected chi connectivity index (χ3v) is 4.06. The zero-order chi connectivity index (χ0) is 14.2. The molecule has 0 bridgehead atoms. The van der Waals surface area contributed by atoms with Gasteiger partial charge in [-0.2, -0.15) is 0 Å². The summed E-state index contributed by atoms with van der Waals surface area (Å²) >= 11 is 0. The van der Waals surface area contributed by atoms with E-state index < -0.39 is 0 Å². The third-order valence-electron chi connectivity index (χ3n) is 4.06. The summed E-state index contributed by atoms with van der Waals surface area (Å²) in [6.45, 7) is 5.45. The summed E-state index contributed by atoms with van der Waals surface area (Å²) in [4.78, 5) is 0. The number of hydrogen-bond acceptors (Lipinski definition) is 3. The maximum Gasteiger partial charge on any atom is 0.0700 e. The Kier molecular flexibility index (Phi) is 6.51. The lowest BCUT2D eigenvalue weighted by Gasteiger charge is -2.21. The molecule has 2 atom stereocenters. The van der Waals surface area contributed by atoms with Gasteiger partial charge in [0.2, 0.25) is 0 Å². The van der Waals surface area contributed by atoms with Crippen LogP contribution in [0.2, 0.25) is 0 Å². The molecule has 1 aliphatic carbocycles. The van der Waals surface area contributed by atoms with Gasteiger partial charge in [0.05, 0.1) is 13.2 Å². The largest absolute Gasteiger partial charge is 0.382 e. The molecule has 0 amide bonds. The van der Waals surface area contributed by atoms with Gasteiger partial charge in [-0.3, -0.25) is 0 Å². The summed E-state index contributed by atoms with van der Waals surface area (Å²) in [5.41, 5.74) is 3.02. The maximum absolute atomic E-state index is 5.56. The summed E-state index contributed by atoms with van der Waals surface area (Å²) < 4.78 is 10.5. The van der Waals surface area contributed by atoms with Crippen molar-refractivity contribution >= 4 is 0 Å². The van der Waals surface area contributed by atoms with Crippen LogP contribution < -0.4 is 5.32 Å². The Morgan fingerprint density at radius 2 is 2.05 bits per heavy atom. The van der Waals surface area contributed by atoms with Gasteiger partial charge < -0.3 is 14.8 Å². The van der Waals surface area contributed by atoms with Crippen molar-refractivity contribution in [1.82, 2.24) is 5.32 Å². The van der Waals surface area contributed by atoms with Crippen LogP contribution in [0.15, 0.2) is 24.3 Å². The molecule has 0 heterocycles. The first-order valence-electron chi connectivity index (χ1n) is 7.74. The van der Waals surface area contributed by atoms with E-state index in [4.69, 9.17) is 9.47 Å². The zero-order valence-corrected chi connectivity index (χ0v) is 12.7. The monoisotopic (exact) mass is 277 g/mol. The molecule has 0 saturated heterocycles. The summed E-state index contributed by atoms with van der Waals surface area (Å²) in [6, 6.07) is 9.37. The molecule has 0 aromatic heterocycles. The van der Waals surface area contributed by atoms with E-state index in [0.29, 0.717) is 25.2 Å². The first kappa shape index (κ1) is 15.5. The minimum atomic E-state index is 0.523. The molecule has 0 spiro atoms. The van der Waals surface area contributed by atoms with Crippen LogP contribution in [0.5, 0.6) is 0 Å². The van der Waals surface area contributed by atoms with Gasteiger partial charge in [0.15, 0.2) is 0 Å². The van der Waals surface area contributed by atoms with Gasteiger partial charge >= 0.3 is 0 Å². The smallest absolute Gasteiger partial charge is 0.0700 e. The van der Waals surface area contributed by atoms with E-state index in [0.717, 1.165) is 19.6 Å². The molecule has 0 saturated carbocycles. The summed E-state index contributed by atoms with van der Waals surface area (Å²) in [5.74, 6) is 0.707. The lowest BCUT2D eigenvalue weighted by molar-refractivity contribution is 0.0667. The Bertz CT molecular complexity index is 394. The highest BCUT2D eigenvalue weighted by Gasteiger charge is 2.30. The second-order valence-electron chi connectivity index (χ2n) is 5.45. The van der Waals surface area contributed by atoms with E-state index in [9.17, 15) is 0 Å². The topological polar surface area (TPSA) is 30.5 Å². The van der Waals surface area contributed by atoms with Gasteiger partial charge in [0, 0.05) is 19.8 Å². The van der Waals surface area contributed by atoms with Crippen molar-refractivity contribution in [3.8, 4) is 0 Å². The number of methoxy groups -OCH3 is 1. The normalized spacial score (nSPS) is 21.1. The van der Waals surface area contributed by atoms with E-state index in [2.05, 4.69) is 36.5 Å². The van der Waals surface area contributed by atoms with Crippen LogP contribution in [0, 0.1) is 5.92 Å².